The first kappa shape index (κ1) is 6.99. The van der Waals surface area contributed by atoms with Gasteiger partial charge in [0.25, 0.3) is 0 Å². The summed E-state index contributed by atoms with van der Waals surface area (Å²) < 4.78 is 4.74. The van der Waals surface area contributed by atoms with Crippen molar-refractivity contribution >= 4 is 11.6 Å². The van der Waals surface area contributed by atoms with Gasteiger partial charge < -0.3 is 4.74 Å². The van der Waals surface area contributed by atoms with Gasteiger partial charge in [-0.2, -0.15) is 0 Å². The standard InChI is InChI=1S/C5H8ClO/c1-3-7-4-5(2)6/h3H,2,4H2,1H3. The summed E-state index contributed by atoms with van der Waals surface area (Å²) in [4.78, 5) is 0. The fourth-order valence-electron chi connectivity index (χ4n) is 0.174. The lowest BCUT2D eigenvalue weighted by atomic mass is 10.7. The topological polar surface area (TPSA) is 9.23 Å². The van der Waals surface area contributed by atoms with E-state index in [-0.39, 0.29) is 0 Å². The van der Waals surface area contributed by atoms with Gasteiger partial charge in [0, 0.05) is 5.03 Å². The van der Waals surface area contributed by atoms with Crippen LogP contribution in [-0.4, -0.2) is 6.61 Å². The lowest BCUT2D eigenvalue weighted by molar-refractivity contribution is 0.237. The largest absolute Gasteiger partial charge is 0.370 e. The molecule has 0 bridgehead atoms. The molecular weight excluding hydrogens is 112 g/mol. The number of hydrogen-bond donors (Lipinski definition) is 0. The second-order valence-electron chi connectivity index (χ2n) is 1.06. The fraction of sp³-hybridized carbons (Fsp3) is 0.400. The SMILES string of the molecule is C=C(Cl)CO[CH]C. The van der Waals surface area contributed by atoms with Crippen molar-refractivity contribution in [1.29, 1.82) is 0 Å². The molecule has 0 fully saturated rings. The Bertz CT molecular complexity index is 61.1. The quantitative estimate of drug-likeness (QED) is 0.552. The average Bonchev–Trinajstić information content (AvgIpc) is 1.61. The minimum absolute atomic E-state index is 0.415. The summed E-state index contributed by atoms with van der Waals surface area (Å²) in [7, 11) is 0. The van der Waals surface area contributed by atoms with Crippen LogP contribution in [-0.2, 0) is 4.74 Å². The van der Waals surface area contributed by atoms with E-state index in [0.29, 0.717) is 11.6 Å². The van der Waals surface area contributed by atoms with Gasteiger partial charge in [0.05, 0.1) is 13.2 Å². The minimum atomic E-state index is 0.415. The molecule has 41 valence electrons. The molecule has 0 unspecified atom stereocenters. The van der Waals surface area contributed by atoms with E-state index in [0.717, 1.165) is 0 Å². The molecule has 0 aliphatic heterocycles. The van der Waals surface area contributed by atoms with Crippen LogP contribution in [0.5, 0.6) is 0 Å². The van der Waals surface area contributed by atoms with E-state index in [2.05, 4.69) is 6.58 Å². The van der Waals surface area contributed by atoms with Crippen molar-refractivity contribution in [1.82, 2.24) is 0 Å². The van der Waals surface area contributed by atoms with Crippen molar-refractivity contribution in [2.75, 3.05) is 6.61 Å². The molecule has 1 radical (unpaired) electrons. The van der Waals surface area contributed by atoms with Gasteiger partial charge in [0.1, 0.15) is 0 Å². The molecule has 7 heavy (non-hydrogen) atoms. The summed E-state index contributed by atoms with van der Waals surface area (Å²) in [6, 6.07) is 0. The first-order chi connectivity index (χ1) is 3.27. The third-order valence-corrected chi connectivity index (χ3v) is 0.516. The Labute approximate surface area is 48.9 Å². The second-order valence-corrected chi connectivity index (χ2v) is 1.60. The highest BCUT2D eigenvalue weighted by Crippen LogP contribution is 1.96. The molecule has 0 aromatic rings. The third-order valence-electron chi connectivity index (χ3n) is 0.407. The smallest absolute Gasteiger partial charge is 0.0821 e. The molecule has 0 aromatic heterocycles. The van der Waals surface area contributed by atoms with Crippen LogP contribution in [0.15, 0.2) is 11.6 Å². The second kappa shape index (κ2) is 4.16. The zero-order valence-corrected chi connectivity index (χ0v) is 5.03. The summed E-state index contributed by atoms with van der Waals surface area (Å²) >= 11 is 5.32. The Kier molecular flexibility index (Phi) is 4.15. The summed E-state index contributed by atoms with van der Waals surface area (Å²) in [5.41, 5.74) is 0. The van der Waals surface area contributed by atoms with Crippen LogP contribution >= 0.6 is 11.6 Å². The summed E-state index contributed by atoms with van der Waals surface area (Å²) in [5, 5.41) is 0.526. The van der Waals surface area contributed by atoms with E-state index in [9.17, 15) is 0 Å². The number of rotatable bonds is 3. The highest BCUT2D eigenvalue weighted by molar-refractivity contribution is 6.29. The predicted octanol–water partition coefficient (Wildman–Crippen LogP) is 1.94. The van der Waals surface area contributed by atoms with Gasteiger partial charge in [0.2, 0.25) is 0 Å². The Morgan fingerprint density at radius 2 is 2.57 bits per heavy atom. The van der Waals surface area contributed by atoms with E-state index in [1.54, 1.807) is 13.5 Å². The van der Waals surface area contributed by atoms with Gasteiger partial charge in [-0.25, -0.2) is 0 Å². The van der Waals surface area contributed by atoms with Crippen molar-refractivity contribution in [3.8, 4) is 0 Å². The first-order valence-corrected chi connectivity index (χ1v) is 2.38. The lowest BCUT2D eigenvalue weighted by Crippen LogP contribution is -1.85. The Morgan fingerprint density at radius 3 is 2.71 bits per heavy atom. The molecule has 0 saturated carbocycles. The molecule has 0 rings (SSSR count). The molecule has 2 heteroatoms. The third kappa shape index (κ3) is 5.99. The minimum Gasteiger partial charge on any atom is -0.370 e. The Balaban J connectivity index is 2.82. The number of ether oxygens (including phenoxy) is 1. The van der Waals surface area contributed by atoms with Crippen molar-refractivity contribution in [3.63, 3.8) is 0 Å². The maximum Gasteiger partial charge on any atom is 0.0821 e. The molecule has 0 heterocycles. The summed E-state index contributed by atoms with van der Waals surface area (Å²) in [6.45, 7) is 7.20. The molecule has 0 atom stereocenters. The van der Waals surface area contributed by atoms with Crippen LogP contribution in [0.1, 0.15) is 6.92 Å². The van der Waals surface area contributed by atoms with Crippen LogP contribution in [0.25, 0.3) is 0 Å². The van der Waals surface area contributed by atoms with Gasteiger partial charge >= 0.3 is 0 Å². The normalized spacial score (nSPS) is 8.86. The molecule has 0 amide bonds. The number of halogens is 1. The molecule has 0 saturated heterocycles. The van der Waals surface area contributed by atoms with Crippen LogP contribution in [0.2, 0.25) is 0 Å². The van der Waals surface area contributed by atoms with Gasteiger partial charge in [0.15, 0.2) is 0 Å². The van der Waals surface area contributed by atoms with Crippen molar-refractivity contribution in [2.45, 2.75) is 6.92 Å². The summed E-state index contributed by atoms with van der Waals surface area (Å²) in [6.07, 6.45) is 0. The number of hydrogen-bond acceptors (Lipinski definition) is 1. The highest BCUT2D eigenvalue weighted by Gasteiger charge is 1.82. The monoisotopic (exact) mass is 119 g/mol. The maximum atomic E-state index is 5.32. The van der Waals surface area contributed by atoms with Crippen molar-refractivity contribution < 1.29 is 4.74 Å². The van der Waals surface area contributed by atoms with Crippen LogP contribution in [0, 0.1) is 6.61 Å². The molecule has 0 aliphatic carbocycles. The average molecular weight is 120 g/mol. The summed E-state index contributed by atoms with van der Waals surface area (Å²) in [5.74, 6) is 0. The highest BCUT2D eigenvalue weighted by atomic mass is 35.5. The van der Waals surface area contributed by atoms with Gasteiger partial charge in [-0.15, -0.1) is 0 Å². The van der Waals surface area contributed by atoms with Gasteiger partial charge in [-0.05, 0) is 6.92 Å². The van der Waals surface area contributed by atoms with Gasteiger partial charge in [-0.1, -0.05) is 18.2 Å². The van der Waals surface area contributed by atoms with Crippen LogP contribution in [0.4, 0.5) is 0 Å². The Hall–Kier alpha value is -0.0100. The van der Waals surface area contributed by atoms with E-state index < -0.39 is 0 Å². The zero-order chi connectivity index (χ0) is 5.70. The van der Waals surface area contributed by atoms with E-state index in [4.69, 9.17) is 16.3 Å². The molecule has 0 N–H and O–H groups in total. The zero-order valence-electron chi connectivity index (χ0n) is 4.28. The van der Waals surface area contributed by atoms with Crippen LogP contribution in [0.3, 0.4) is 0 Å². The molecule has 0 aromatic carbocycles. The molecule has 0 spiro atoms. The molecule has 1 nitrogen and oxygen atoms in total. The van der Waals surface area contributed by atoms with E-state index in [1.165, 1.54) is 0 Å². The Morgan fingerprint density at radius 1 is 2.00 bits per heavy atom. The maximum absolute atomic E-state index is 5.32. The van der Waals surface area contributed by atoms with E-state index >= 15 is 0 Å². The molecular formula is C5H8ClO. The fourth-order valence-corrected chi connectivity index (χ4v) is 0.237. The molecule has 0 aliphatic rings. The van der Waals surface area contributed by atoms with Crippen molar-refractivity contribution in [3.05, 3.63) is 18.2 Å². The lowest BCUT2D eigenvalue weighted by Gasteiger charge is -1.93. The predicted molar refractivity (Wildman–Crippen MR) is 30.9 cm³/mol. The van der Waals surface area contributed by atoms with Gasteiger partial charge in [-0.3, -0.25) is 0 Å². The first-order valence-electron chi connectivity index (χ1n) is 2.00. The van der Waals surface area contributed by atoms with Crippen LogP contribution < -0.4 is 0 Å². The van der Waals surface area contributed by atoms with E-state index in [1.807, 2.05) is 0 Å². The van der Waals surface area contributed by atoms with Crippen molar-refractivity contribution in [2.24, 2.45) is 0 Å².